The van der Waals surface area contributed by atoms with Gasteiger partial charge in [-0.1, -0.05) is 11.3 Å². The van der Waals surface area contributed by atoms with Gasteiger partial charge in [-0.15, -0.1) is 10.2 Å². The molecular formula is C10H10N6O4S3. The fraction of sp³-hybridized carbons (Fsp3) is 0.400. The number of nitrogens with zero attached hydrogens (tertiary/aromatic N) is 6. The summed E-state index contributed by atoms with van der Waals surface area (Å²) in [5.41, 5.74) is 0. The molecule has 122 valence electrons. The molecule has 2 aromatic rings. The van der Waals surface area contributed by atoms with Gasteiger partial charge in [0.2, 0.25) is 9.47 Å². The highest BCUT2D eigenvalue weighted by molar-refractivity contribution is 7.92. The summed E-state index contributed by atoms with van der Waals surface area (Å²) in [5.74, 6) is 0. The summed E-state index contributed by atoms with van der Waals surface area (Å²) in [6.07, 6.45) is 4.17. The molecule has 23 heavy (non-hydrogen) atoms. The van der Waals surface area contributed by atoms with Crippen LogP contribution in [0.1, 0.15) is 17.8 Å². The molecule has 3 heterocycles. The first-order chi connectivity index (χ1) is 11.0. The molecule has 0 atom stereocenters. The number of anilines is 1. The van der Waals surface area contributed by atoms with Crippen LogP contribution in [-0.2, 0) is 10.0 Å². The lowest BCUT2D eigenvalue weighted by atomic mass is 10.4. The van der Waals surface area contributed by atoms with Crippen molar-refractivity contribution in [2.75, 3.05) is 18.0 Å². The smallest absolute Gasteiger partial charge is 0.344 e. The van der Waals surface area contributed by atoms with E-state index in [2.05, 4.69) is 24.5 Å². The van der Waals surface area contributed by atoms with Crippen molar-refractivity contribution in [3.05, 3.63) is 21.3 Å². The number of hydrogen-bond acceptors (Lipinski definition) is 10. The largest absolute Gasteiger partial charge is 0.347 e. The summed E-state index contributed by atoms with van der Waals surface area (Å²) < 4.78 is 27.0. The molecule has 1 saturated heterocycles. The van der Waals surface area contributed by atoms with Crippen LogP contribution in [0.2, 0.25) is 0 Å². The van der Waals surface area contributed by atoms with Gasteiger partial charge >= 0.3 is 15.0 Å². The van der Waals surface area contributed by atoms with E-state index in [1.807, 2.05) is 0 Å². The average Bonchev–Trinajstić information content (AvgIpc) is 3.23. The van der Waals surface area contributed by atoms with Crippen LogP contribution in [-0.4, -0.2) is 47.8 Å². The Kier molecular flexibility index (Phi) is 4.32. The highest BCUT2D eigenvalue weighted by Crippen LogP contribution is 2.26. The van der Waals surface area contributed by atoms with E-state index in [0.717, 1.165) is 43.5 Å². The number of rotatable bonds is 5. The van der Waals surface area contributed by atoms with Crippen molar-refractivity contribution in [3.8, 4) is 0 Å². The Balaban J connectivity index is 1.76. The summed E-state index contributed by atoms with van der Waals surface area (Å²) >= 11 is 1.70. The average molecular weight is 374 g/mol. The summed E-state index contributed by atoms with van der Waals surface area (Å²) in [6, 6.07) is 0. The van der Waals surface area contributed by atoms with Gasteiger partial charge in [-0.3, -0.25) is 10.1 Å². The van der Waals surface area contributed by atoms with Crippen molar-refractivity contribution in [3.63, 3.8) is 0 Å². The Hall–Kier alpha value is -1.99. The number of nitro groups is 1. The Labute approximate surface area is 138 Å². The molecular weight excluding hydrogens is 364 g/mol. The van der Waals surface area contributed by atoms with E-state index in [1.54, 1.807) is 0 Å². The van der Waals surface area contributed by atoms with Crippen molar-refractivity contribution < 1.29 is 13.3 Å². The molecule has 0 spiro atoms. The fourth-order valence-electron chi connectivity index (χ4n) is 1.93. The van der Waals surface area contributed by atoms with E-state index in [0.29, 0.717) is 16.3 Å². The zero-order chi connectivity index (χ0) is 16.4. The van der Waals surface area contributed by atoms with Crippen molar-refractivity contribution in [1.29, 1.82) is 0 Å². The molecule has 3 rings (SSSR count). The number of sulfonamides is 1. The van der Waals surface area contributed by atoms with Crippen molar-refractivity contribution >= 4 is 49.0 Å². The van der Waals surface area contributed by atoms with Crippen LogP contribution in [0.25, 0.3) is 0 Å². The molecule has 1 fully saturated rings. The summed E-state index contributed by atoms with van der Waals surface area (Å²) in [6.45, 7) is 1.82. The summed E-state index contributed by atoms with van der Waals surface area (Å²) in [4.78, 5) is 15.5. The molecule has 1 aliphatic rings. The van der Waals surface area contributed by atoms with Gasteiger partial charge in [0.1, 0.15) is 6.20 Å². The number of thiazole rings is 1. The highest BCUT2D eigenvalue weighted by Gasteiger charge is 2.22. The SMILES string of the molecule is O=[N+]([O-])c1cnc(S(=O)(=O)N=Cc2nnc(N3CCCC3)s2)s1. The molecule has 0 amide bonds. The maximum absolute atomic E-state index is 12.0. The lowest BCUT2D eigenvalue weighted by Crippen LogP contribution is -2.17. The van der Waals surface area contributed by atoms with Crippen LogP contribution < -0.4 is 4.90 Å². The van der Waals surface area contributed by atoms with E-state index in [-0.39, 0.29) is 5.00 Å². The summed E-state index contributed by atoms with van der Waals surface area (Å²) in [5, 5.41) is 19.2. The predicted molar refractivity (Wildman–Crippen MR) is 84.9 cm³/mol. The molecule has 0 aliphatic carbocycles. The minimum Gasteiger partial charge on any atom is -0.347 e. The minimum absolute atomic E-state index is 0.349. The Bertz CT molecular complexity index is 852. The van der Waals surface area contributed by atoms with Crippen LogP contribution in [0, 0.1) is 10.1 Å². The van der Waals surface area contributed by atoms with E-state index >= 15 is 0 Å². The van der Waals surface area contributed by atoms with E-state index < -0.39 is 19.3 Å². The second-order valence-corrected chi connectivity index (χ2v) is 8.35. The normalized spacial score (nSPS) is 15.6. The maximum atomic E-state index is 12.0. The van der Waals surface area contributed by atoms with Crippen LogP contribution in [0.4, 0.5) is 10.1 Å². The van der Waals surface area contributed by atoms with Gasteiger partial charge in [0, 0.05) is 13.1 Å². The molecule has 0 bridgehead atoms. The zero-order valence-corrected chi connectivity index (χ0v) is 14.0. The molecule has 13 heteroatoms. The summed E-state index contributed by atoms with van der Waals surface area (Å²) in [7, 11) is -4.08. The van der Waals surface area contributed by atoms with Crippen LogP contribution in [0.5, 0.6) is 0 Å². The molecule has 0 radical (unpaired) electrons. The molecule has 0 unspecified atom stereocenters. The van der Waals surface area contributed by atoms with Crippen molar-refractivity contribution in [2.45, 2.75) is 17.2 Å². The van der Waals surface area contributed by atoms with Crippen LogP contribution in [0.3, 0.4) is 0 Å². The van der Waals surface area contributed by atoms with Gasteiger partial charge in [0.25, 0.3) is 0 Å². The molecule has 0 saturated carbocycles. The first-order valence-corrected chi connectivity index (χ1v) is 9.52. The Morgan fingerprint density at radius 1 is 1.30 bits per heavy atom. The highest BCUT2D eigenvalue weighted by atomic mass is 32.2. The fourth-order valence-corrected chi connectivity index (χ4v) is 4.55. The molecule has 1 aliphatic heterocycles. The van der Waals surface area contributed by atoms with Gasteiger partial charge < -0.3 is 4.90 Å². The molecule has 0 N–H and O–H groups in total. The van der Waals surface area contributed by atoms with E-state index in [4.69, 9.17) is 0 Å². The maximum Gasteiger partial charge on any atom is 0.344 e. The molecule has 0 aromatic carbocycles. The van der Waals surface area contributed by atoms with Crippen molar-refractivity contribution in [2.24, 2.45) is 4.40 Å². The topological polar surface area (TPSA) is 132 Å². The third-order valence-corrected chi connectivity index (χ3v) is 6.46. The first-order valence-electron chi connectivity index (χ1n) is 6.45. The Morgan fingerprint density at radius 2 is 2.04 bits per heavy atom. The second kappa shape index (κ2) is 6.25. The third kappa shape index (κ3) is 3.51. The van der Waals surface area contributed by atoms with E-state index in [1.165, 1.54) is 11.3 Å². The first kappa shape index (κ1) is 15.9. The van der Waals surface area contributed by atoms with Gasteiger partial charge in [-0.2, -0.15) is 12.8 Å². The third-order valence-electron chi connectivity index (χ3n) is 2.98. The van der Waals surface area contributed by atoms with Crippen LogP contribution in [0.15, 0.2) is 14.9 Å². The Morgan fingerprint density at radius 3 is 2.70 bits per heavy atom. The monoisotopic (exact) mass is 374 g/mol. The minimum atomic E-state index is -4.08. The number of aromatic nitrogens is 3. The zero-order valence-electron chi connectivity index (χ0n) is 11.5. The quantitative estimate of drug-likeness (QED) is 0.435. The molecule has 10 nitrogen and oxygen atoms in total. The standard InChI is InChI=1S/C10H10N6O4S3/c17-16(18)8-6-11-10(22-8)23(19,20)12-5-7-13-14-9(21-7)15-3-1-2-4-15/h5-6H,1-4H2. The van der Waals surface area contributed by atoms with Gasteiger partial charge in [-0.05, 0) is 24.2 Å². The predicted octanol–water partition coefficient (Wildman–Crippen LogP) is 1.31. The van der Waals surface area contributed by atoms with Crippen LogP contribution >= 0.6 is 22.7 Å². The second-order valence-electron chi connectivity index (χ2n) is 4.55. The lowest BCUT2D eigenvalue weighted by Gasteiger charge is -2.10. The molecule has 2 aromatic heterocycles. The van der Waals surface area contributed by atoms with Crippen molar-refractivity contribution in [1.82, 2.24) is 15.2 Å². The van der Waals surface area contributed by atoms with Gasteiger partial charge in [0.15, 0.2) is 5.01 Å². The van der Waals surface area contributed by atoms with Gasteiger partial charge in [0.05, 0.1) is 11.1 Å². The van der Waals surface area contributed by atoms with Gasteiger partial charge in [-0.25, -0.2) is 4.98 Å². The van der Waals surface area contributed by atoms with E-state index in [9.17, 15) is 18.5 Å². The number of hydrogen-bond donors (Lipinski definition) is 0. The lowest BCUT2D eigenvalue weighted by molar-refractivity contribution is -0.380.